The van der Waals surface area contributed by atoms with Gasteiger partial charge in [-0.2, -0.15) is 4.98 Å². The Morgan fingerprint density at radius 3 is 2.45 bits per heavy atom. The van der Waals surface area contributed by atoms with Gasteiger partial charge in [-0.3, -0.25) is 18.3 Å². The highest BCUT2D eigenvalue weighted by Gasteiger charge is 2.21. The van der Waals surface area contributed by atoms with E-state index in [0.29, 0.717) is 23.5 Å². The topological polar surface area (TPSA) is 66.2 Å². The van der Waals surface area contributed by atoms with E-state index in [1.54, 1.807) is 13.1 Å². The third-order valence-electron chi connectivity index (χ3n) is 5.34. The Hall–Kier alpha value is -3.61. The Labute approximate surface area is 167 Å². The maximum absolute atomic E-state index is 13.3. The van der Waals surface area contributed by atoms with Crippen molar-refractivity contribution >= 4 is 23.0 Å². The van der Waals surface area contributed by atoms with Crippen molar-refractivity contribution in [2.24, 2.45) is 7.05 Å². The fraction of sp³-hybridized carbons (Fsp3) is 0.227. The molecular weight excluding hydrogens is 366 g/mol. The second-order valence-corrected chi connectivity index (χ2v) is 7.06. The molecule has 148 valence electrons. The third-order valence-corrected chi connectivity index (χ3v) is 5.34. The molecule has 0 amide bonds. The van der Waals surface area contributed by atoms with Crippen LogP contribution >= 0.6 is 0 Å². The first-order valence-electron chi connectivity index (χ1n) is 9.46. The van der Waals surface area contributed by atoms with E-state index in [4.69, 9.17) is 0 Å². The van der Waals surface area contributed by atoms with Crippen molar-refractivity contribution in [3.8, 4) is 0 Å². The van der Waals surface area contributed by atoms with Gasteiger partial charge >= 0.3 is 5.69 Å². The number of aryl methyl sites for hydroxylation is 2. The number of hydrogen-bond donors (Lipinski definition) is 0. The third kappa shape index (κ3) is 2.86. The van der Waals surface area contributed by atoms with Crippen LogP contribution in [0.15, 0.2) is 58.7 Å². The Morgan fingerprint density at radius 2 is 1.76 bits per heavy atom. The first-order valence-corrected chi connectivity index (χ1v) is 9.46. The monoisotopic (exact) mass is 389 g/mol. The summed E-state index contributed by atoms with van der Waals surface area (Å²) in [4.78, 5) is 30.7. The number of fused-ring (bicyclic) bond motifs is 3. The average molecular weight is 389 g/mol. The summed E-state index contributed by atoms with van der Waals surface area (Å²) in [5.41, 5.74) is 3.03. The zero-order valence-electron chi connectivity index (χ0n) is 16.8. The molecule has 0 aliphatic heterocycles. The fourth-order valence-corrected chi connectivity index (χ4v) is 3.68. The lowest BCUT2D eigenvalue weighted by molar-refractivity contribution is 0.667. The van der Waals surface area contributed by atoms with Gasteiger partial charge in [-0.1, -0.05) is 48.6 Å². The summed E-state index contributed by atoms with van der Waals surface area (Å²) in [6.07, 6.45) is 5.51. The van der Waals surface area contributed by atoms with E-state index < -0.39 is 0 Å². The molecule has 4 rings (SSSR count). The highest BCUT2D eigenvalue weighted by molar-refractivity contribution is 5.76. The van der Waals surface area contributed by atoms with E-state index in [2.05, 4.69) is 11.6 Å². The SMILES string of the molecule is C=CCn1c(C)c(C)n2c3c(=O)n(C/C=C\c4ccccc4)c(=O)n(C)c3nc12. The summed E-state index contributed by atoms with van der Waals surface area (Å²) in [6.45, 7) is 8.51. The molecule has 0 radical (unpaired) electrons. The van der Waals surface area contributed by atoms with Gasteiger partial charge in [-0.05, 0) is 19.4 Å². The Bertz CT molecular complexity index is 1380. The molecule has 3 heterocycles. The molecule has 29 heavy (non-hydrogen) atoms. The van der Waals surface area contributed by atoms with Crippen LogP contribution in [-0.4, -0.2) is 23.1 Å². The van der Waals surface area contributed by atoms with Crippen LogP contribution in [0.1, 0.15) is 17.0 Å². The van der Waals surface area contributed by atoms with Gasteiger partial charge in [0.2, 0.25) is 5.78 Å². The van der Waals surface area contributed by atoms with E-state index in [0.717, 1.165) is 17.0 Å². The molecule has 0 N–H and O–H groups in total. The summed E-state index contributed by atoms with van der Waals surface area (Å²) in [5.74, 6) is 0.638. The lowest BCUT2D eigenvalue weighted by atomic mass is 10.2. The summed E-state index contributed by atoms with van der Waals surface area (Å²) < 4.78 is 6.52. The van der Waals surface area contributed by atoms with Gasteiger partial charge in [0.15, 0.2) is 11.2 Å². The van der Waals surface area contributed by atoms with Crippen molar-refractivity contribution in [2.75, 3.05) is 0 Å². The molecule has 0 saturated heterocycles. The van der Waals surface area contributed by atoms with Crippen LogP contribution in [0.3, 0.4) is 0 Å². The van der Waals surface area contributed by atoms with E-state index in [1.807, 2.05) is 65.3 Å². The molecular formula is C22H23N5O2. The number of rotatable bonds is 5. The lowest BCUT2D eigenvalue weighted by Crippen LogP contribution is -2.39. The molecule has 0 fully saturated rings. The molecule has 0 saturated carbocycles. The molecule has 0 atom stereocenters. The van der Waals surface area contributed by atoms with Gasteiger partial charge in [0.1, 0.15) is 0 Å². The minimum Gasteiger partial charge on any atom is -0.310 e. The Balaban J connectivity index is 1.93. The first kappa shape index (κ1) is 18.7. The summed E-state index contributed by atoms with van der Waals surface area (Å²) in [7, 11) is 1.65. The van der Waals surface area contributed by atoms with Gasteiger partial charge in [0, 0.05) is 31.5 Å². The lowest BCUT2D eigenvalue weighted by Gasteiger charge is -2.06. The van der Waals surface area contributed by atoms with Gasteiger partial charge in [0.05, 0.1) is 0 Å². The molecule has 7 heteroatoms. The van der Waals surface area contributed by atoms with Crippen molar-refractivity contribution < 1.29 is 0 Å². The van der Waals surface area contributed by atoms with E-state index in [-0.39, 0.29) is 17.8 Å². The van der Waals surface area contributed by atoms with Gasteiger partial charge in [-0.15, -0.1) is 6.58 Å². The smallest absolute Gasteiger partial charge is 0.310 e. The van der Waals surface area contributed by atoms with Crippen LogP contribution in [0, 0.1) is 13.8 Å². The van der Waals surface area contributed by atoms with Crippen LogP contribution in [0.4, 0.5) is 0 Å². The number of benzene rings is 1. The molecule has 7 nitrogen and oxygen atoms in total. The maximum atomic E-state index is 13.3. The fourth-order valence-electron chi connectivity index (χ4n) is 3.68. The van der Waals surface area contributed by atoms with E-state index in [9.17, 15) is 9.59 Å². The quantitative estimate of drug-likeness (QED) is 0.493. The molecule has 0 aliphatic rings. The Kier molecular flexibility index (Phi) is 4.58. The van der Waals surface area contributed by atoms with Gasteiger partial charge < -0.3 is 4.57 Å². The summed E-state index contributed by atoms with van der Waals surface area (Å²) in [6, 6.07) is 9.77. The van der Waals surface area contributed by atoms with Crippen molar-refractivity contribution in [2.45, 2.75) is 26.9 Å². The van der Waals surface area contributed by atoms with Crippen LogP contribution < -0.4 is 11.2 Å². The van der Waals surface area contributed by atoms with E-state index >= 15 is 0 Å². The van der Waals surface area contributed by atoms with Gasteiger partial charge in [0.25, 0.3) is 5.56 Å². The minimum atomic E-state index is -0.384. The highest BCUT2D eigenvalue weighted by atomic mass is 16.2. The molecule has 3 aromatic heterocycles. The van der Waals surface area contributed by atoms with Crippen LogP contribution in [0.5, 0.6) is 0 Å². The van der Waals surface area contributed by atoms with Crippen LogP contribution in [-0.2, 0) is 20.1 Å². The average Bonchev–Trinajstić information content (AvgIpc) is 3.22. The first-order chi connectivity index (χ1) is 14.0. The zero-order valence-corrected chi connectivity index (χ0v) is 16.8. The molecule has 0 aliphatic carbocycles. The van der Waals surface area contributed by atoms with Crippen molar-refractivity contribution in [1.82, 2.24) is 23.1 Å². The van der Waals surface area contributed by atoms with Crippen LogP contribution in [0.25, 0.3) is 23.0 Å². The van der Waals surface area contributed by atoms with E-state index in [1.165, 1.54) is 9.13 Å². The number of aromatic nitrogens is 5. The van der Waals surface area contributed by atoms with Crippen LogP contribution in [0.2, 0.25) is 0 Å². The molecule has 0 unspecified atom stereocenters. The predicted octanol–water partition coefficient (Wildman–Crippen LogP) is 2.67. The molecule has 0 bridgehead atoms. The molecule has 1 aromatic carbocycles. The predicted molar refractivity (Wildman–Crippen MR) is 115 cm³/mol. The minimum absolute atomic E-state index is 0.189. The normalized spacial score (nSPS) is 11.8. The second kappa shape index (κ2) is 7.09. The largest absolute Gasteiger partial charge is 0.332 e. The zero-order chi connectivity index (χ0) is 20.7. The summed E-state index contributed by atoms with van der Waals surface area (Å²) >= 11 is 0. The van der Waals surface area contributed by atoms with Crippen molar-refractivity contribution in [3.63, 3.8) is 0 Å². The number of hydrogen-bond acceptors (Lipinski definition) is 3. The van der Waals surface area contributed by atoms with Gasteiger partial charge in [-0.25, -0.2) is 4.79 Å². The number of allylic oxidation sites excluding steroid dienone is 2. The maximum Gasteiger partial charge on any atom is 0.332 e. The summed E-state index contributed by atoms with van der Waals surface area (Å²) in [5, 5.41) is 0. The number of imidazole rings is 2. The second-order valence-electron chi connectivity index (χ2n) is 7.06. The Morgan fingerprint density at radius 1 is 1.03 bits per heavy atom. The van der Waals surface area contributed by atoms with Crippen molar-refractivity contribution in [3.05, 3.63) is 86.9 Å². The standard InChI is InChI=1S/C22H23N5O2/c1-5-13-25-15(2)16(3)27-18-19(23-21(25)27)24(4)22(29)26(20(18)28)14-9-12-17-10-7-6-8-11-17/h5-12H,1,13-14H2,2-4H3/b12-9-. The highest BCUT2D eigenvalue weighted by Crippen LogP contribution is 2.20. The molecule has 4 aromatic rings. The number of nitrogens with zero attached hydrogens (tertiary/aromatic N) is 5. The molecule has 0 spiro atoms. The van der Waals surface area contributed by atoms with Crippen molar-refractivity contribution in [1.29, 1.82) is 0 Å².